The number of ether oxygens (including phenoxy) is 1. The second-order valence-electron chi connectivity index (χ2n) is 5.76. The second-order valence-corrected chi connectivity index (χ2v) is 7.08. The largest absolute Gasteiger partial charge is 0.493 e. The van der Waals surface area contributed by atoms with E-state index in [1.54, 1.807) is 11.3 Å². The van der Waals surface area contributed by atoms with Gasteiger partial charge in [0.15, 0.2) is 5.96 Å². The Bertz CT molecular complexity index is 711. The van der Waals surface area contributed by atoms with Gasteiger partial charge in [-0.15, -0.1) is 11.3 Å². The van der Waals surface area contributed by atoms with E-state index in [4.69, 9.17) is 4.74 Å². The number of nitrogens with one attached hydrogen (secondary N) is 2. The Balaban J connectivity index is 1.52. The van der Waals surface area contributed by atoms with E-state index in [9.17, 15) is 0 Å². The SMILES string of the molecule is CCNC(=NCc1cnc(C)s1)NCCc1ccc2c(c1)CCO2. The molecule has 2 heterocycles. The van der Waals surface area contributed by atoms with Gasteiger partial charge in [0.25, 0.3) is 0 Å². The third-order valence-corrected chi connectivity index (χ3v) is 4.76. The van der Waals surface area contributed by atoms with Crippen molar-refractivity contribution in [3.8, 4) is 5.75 Å². The number of nitrogens with zero attached hydrogens (tertiary/aromatic N) is 2. The van der Waals surface area contributed by atoms with E-state index in [-0.39, 0.29) is 0 Å². The number of aliphatic imine (C=N–C) groups is 1. The Hall–Kier alpha value is -2.08. The number of rotatable bonds is 6. The molecule has 0 saturated heterocycles. The molecule has 3 rings (SSSR count). The average molecular weight is 344 g/mol. The second kappa shape index (κ2) is 8.15. The van der Waals surface area contributed by atoms with Crippen molar-refractivity contribution >= 4 is 17.3 Å². The number of benzene rings is 1. The molecule has 0 fully saturated rings. The minimum Gasteiger partial charge on any atom is -0.493 e. The molecule has 1 aromatic carbocycles. The zero-order chi connectivity index (χ0) is 16.8. The molecule has 5 nitrogen and oxygen atoms in total. The fraction of sp³-hybridized carbons (Fsp3) is 0.444. The van der Waals surface area contributed by atoms with Gasteiger partial charge in [-0.3, -0.25) is 0 Å². The van der Waals surface area contributed by atoms with Crippen LogP contribution in [-0.2, 0) is 19.4 Å². The molecule has 0 amide bonds. The Labute approximate surface area is 147 Å². The summed E-state index contributed by atoms with van der Waals surface area (Å²) in [5, 5.41) is 7.78. The Morgan fingerprint density at radius 2 is 2.29 bits per heavy atom. The summed E-state index contributed by atoms with van der Waals surface area (Å²) in [5.41, 5.74) is 2.66. The number of guanidine groups is 1. The van der Waals surface area contributed by atoms with Crippen LogP contribution in [0, 0.1) is 6.92 Å². The van der Waals surface area contributed by atoms with Gasteiger partial charge in [0.1, 0.15) is 5.75 Å². The van der Waals surface area contributed by atoms with Crippen LogP contribution in [0.4, 0.5) is 0 Å². The summed E-state index contributed by atoms with van der Waals surface area (Å²) in [6.45, 7) is 7.27. The van der Waals surface area contributed by atoms with E-state index in [1.807, 2.05) is 13.1 Å². The van der Waals surface area contributed by atoms with Crippen molar-refractivity contribution in [2.24, 2.45) is 4.99 Å². The number of aryl methyl sites for hydroxylation is 1. The normalized spacial score (nSPS) is 13.5. The van der Waals surface area contributed by atoms with Gasteiger partial charge in [-0.25, -0.2) is 9.98 Å². The van der Waals surface area contributed by atoms with Gasteiger partial charge in [-0.05, 0) is 37.5 Å². The maximum Gasteiger partial charge on any atom is 0.191 e. The summed E-state index contributed by atoms with van der Waals surface area (Å²) < 4.78 is 5.55. The predicted octanol–water partition coefficient (Wildman–Crippen LogP) is 2.68. The van der Waals surface area contributed by atoms with Crippen molar-refractivity contribution in [2.45, 2.75) is 33.2 Å². The molecule has 0 saturated carbocycles. The molecule has 128 valence electrons. The van der Waals surface area contributed by atoms with Gasteiger partial charge in [-0.1, -0.05) is 12.1 Å². The van der Waals surface area contributed by atoms with E-state index in [0.29, 0.717) is 6.54 Å². The average Bonchev–Trinajstić information content (AvgIpc) is 3.20. The first kappa shape index (κ1) is 16.8. The van der Waals surface area contributed by atoms with Crippen molar-refractivity contribution in [3.63, 3.8) is 0 Å². The summed E-state index contributed by atoms with van der Waals surface area (Å²) in [5.74, 6) is 1.90. The lowest BCUT2D eigenvalue weighted by Gasteiger charge is -2.11. The Morgan fingerprint density at radius 3 is 3.08 bits per heavy atom. The molecular weight excluding hydrogens is 320 g/mol. The van der Waals surface area contributed by atoms with Crippen LogP contribution < -0.4 is 15.4 Å². The quantitative estimate of drug-likeness (QED) is 0.625. The van der Waals surface area contributed by atoms with E-state index in [2.05, 4.69) is 45.7 Å². The molecule has 24 heavy (non-hydrogen) atoms. The van der Waals surface area contributed by atoms with Gasteiger partial charge in [0.2, 0.25) is 0 Å². The summed E-state index contributed by atoms with van der Waals surface area (Å²) in [6.07, 6.45) is 3.89. The van der Waals surface area contributed by atoms with Gasteiger partial charge in [0.05, 0.1) is 18.2 Å². The van der Waals surface area contributed by atoms with E-state index >= 15 is 0 Å². The fourth-order valence-electron chi connectivity index (χ4n) is 2.70. The number of hydrogen-bond acceptors (Lipinski definition) is 4. The topological polar surface area (TPSA) is 58.5 Å². The molecule has 0 atom stereocenters. The maximum absolute atomic E-state index is 5.55. The lowest BCUT2D eigenvalue weighted by atomic mass is 10.1. The molecule has 2 N–H and O–H groups in total. The lowest BCUT2D eigenvalue weighted by molar-refractivity contribution is 0.357. The molecule has 1 aliphatic heterocycles. The highest BCUT2D eigenvalue weighted by Crippen LogP contribution is 2.25. The number of aromatic nitrogens is 1. The molecule has 1 aliphatic rings. The minimum absolute atomic E-state index is 0.664. The first-order valence-corrected chi connectivity index (χ1v) is 9.24. The maximum atomic E-state index is 5.55. The molecule has 6 heteroatoms. The van der Waals surface area contributed by atoms with Crippen LogP contribution >= 0.6 is 11.3 Å². The molecule has 0 spiro atoms. The molecule has 0 radical (unpaired) electrons. The van der Waals surface area contributed by atoms with Gasteiger partial charge < -0.3 is 15.4 Å². The number of thiazole rings is 1. The summed E-state index contributed by atoms with van der Waals surface area (Å²) in [4.78, 5) is 10.1. The molecule has 2 aromatic rings. The molecule has 1 aromatic heterocycles. The smallest absolute Gasteiger partial charge is 0.191 e. The van der Waals surface area contributed by atoms with E-state index in [0.717, 1.165) is 49.3 Å². The minimum atomic E-state index is 0.664. The molecule has 0 aliphatic carbocycles. The Kier molecular flexibility index (Phi) is 5.69. The van der Waals surface area contributed by atoms with Crippen molar-refractivity contribution in [3.05, 3.63) is 45.4 Å². The highest BCUT2D eigenvalue weighted by atomic mass is 32.1. The van der Waals surface area contributed by atoms with Crippen molar-refractivity contribution < 1.29 is 4.74 Å². The van der Waals surface area contributed by atoms with Crippen LogP contribution in [0.5, 0.6) is 5.75 Å². The van der Waals surface area contributed by atoms with Gasteiger partial charge in [-0.2, -0.15) is 0 Å². The van der Waals surface area contributed by atoms with Crippen LogP contribution in [0.2, 0.25) is 0 Å². The van der Waals surface area contributed by atoms with Crippen molar-refractivity contribution in [1.29, 1.82) is 0 Å². The highest BCUT2D eigenvalue weighted by molar-refractivity contribution is 7.11. The first-order valence-electron chi connectivity index (χ1n) is 8.42. The highest BCUT2D eigenvalue weighted by Gasteiger charge is 2.11. The van der Waals surface area contributed by atoms with Crippen LogP contribution in [-0.4, -0.2) is 30.6 Å². The summed E-state index contributed by atoms with van der Waals surface area (Å²) in [6, 6.07) is 6.49. The van der Waals surface area contributed by atoms with Crippen LogP contribution in [0.1, 0.15) is 27.9 Å². The summed E-state index contributed by atoms with van der Waals surface area (Å²) in [7, 11) is 0. The van der Waals surface area contributed by atoms with Crippen LogP contribution in [0.3, 0.4) is 0 Å². The molecule has 0 bridgehead atoms. The third kappa shape index (κ3) is 4.47. The third-order valence-electron chi connectivity index (χ3n) is 3.87. The zero-order valence-electron chi connectivity index (χ0n) is 14.3. The van der Waals surface area contributed by atoms with Gasteiger partial charge in [0, 0.05) is 30.6 Å². The monoisotopic (exact) mass is 344 g/mol. The number of fused-ring (bicyclic) bond motifs is 1. The lowest BCUT2D eigenvalue weighted by Crippen LogP contribution is -2.38. The predicted molar refractivity (Wildman–Crippen MR) is 99.0 cm³/mol. The molecule has 0 unspecified atom stereocenters. The zero-order valence-corrected chi connectivity index (χ0v) is 15.1. The standard InChI is InChI=1S/C18H24N4OS/c1-3-19-18(22-12-16-11-21-13(2)24-16)20-8-6-14-4-5-17-15(10-14)7-9-23-17/h4-5,10-11H,3,6-9,12H2,1-2H3,(H2,19,20,22). The first-order chi connectivity index (χ1) is 11.7. The van der Waals surface area contributed by atoms with E-state index in [1.165, 1.54) is 16.0 Å². The molecular formula is C18H24N4OS. The van der Waals surface area contributed by atoms with Crippen molar-refractivity contribution in [1.82, 2.24) is 15.6 Å². The Morgan fingerprint density at radius 1 is 1.38 bits per heavy atom. The van der Waals surface area contributed by atoms with Crippen LogP contribution in [0.25, 0.3) is 0 Å². The van der Waals surface area contributed by atoms with E-state index < -0.39 is 0 Å². The number of hydrogen-bond donors (Lipinski definition) is 2. The van der Waals surface area contributed by atoms with Gasteiger partial charge >= 0.3 is 0 Å². The summed E-state index contributed by atoms with van der Waals surface area (Å²) >= 11 is 1.69. The fourth-order valence-corrected chi connectivity index (χ4v) is 3.42. The van der Waals surface area contributed by atoms with Crippen LogP contribution in [0.15, 0.2) is 29.4 Å². The van der Waals surface area contributed by atoms with Crippen molar-refractivity contribution in [2.75, 3.05) is 19.7 Å².